The molecular weight excluding hydrogens is 352 g/mol. The number of aryl methyl sites for hydroxylation is 1. The number of fused-ring (bicyclic) bond motifs is 1. The minimum Gasteiger partial charge on any atom is -0.357 e. The first-order chi connectivity index (χ1) is 13.0. The van der Waals surface area contributed by atoms with Gasteiger partial charge in [0.15, 0.2) is 0 Å². The van der Waals surface area contributed by atoms with Gasteiger partial charge in [-0.3, -0.25) is 9.69 Å². The minimum absolute atomic E-state index is 0.178. The predicted molar refractivity (Wildman–Crippen MR) is 97.6 cm³/mol. The number of carbonyl (C=O) groups excluding carboxylic acids is 1. The second-order valence-corrected chi connectivity index (χ2v) is 7.92. The Hall–Kier alpha value is -2.09. The third-order valence-electron chi connectivity index (χ3n) is 6.03. The Morgan fingerprint density at radius 3 is 3.04 bits per heavy atom. The lowest BCUT2D eigenvalue weighted by molar-refractivity contribution is -0.109. The molecule has 2 aliphatic rings. The molecule has 0 bridgehead atoms. The molecule has 6 nitrogen and oxygen atoms in total. The number of nitrogens with one attached hydrogen (secondary N) is 1. The summed E-state index contributed by atoms with van der Waals surface area (Å²) in [6.07, 6.45) is 7.08. The highest BCUT2D eigenvalue weighted by Crippen LogP contribution is 2.39. The van der Waals surface area contributed by atoms with Crippen LogP contribution in [0.2, 0.25) is 0 Å². The summed E-state index contributed by atoms with van der Waals surface area (Å²) in [6, 6.07) is 2.11. The Kier molecular flexibility index (Phi) is 4.84. The van der Waals surface area contributed by atoms with Crippen LogP contribution >= 0.6 is 0 Å². The molecular formula is C19H25F2N5O. The number of hydrogen-bond acceptors (Lipinski definition) is 4. The predicted octanol–water partition coefficient (Wildman–Crippen LogP) is 2.54. The van der Waals surface area contributed by atoms with Crippen molar-refractivity contribution >= 4 is 17.4 Å². The topological polar surface area (TPSA) is 63.1 Å². The van der Waals surface area contributed by atoms with Crippen molar-refractivity contribution in [2.24, 2.45) is 5.92 Å². The van der Waals surface area contributed by atoms with E-state index in [1.54, 1.807) is 6.33 Å². The highest BCUT2D eigenvalue weighted by molar-refractivity contribution is 5.78. The van der Waals surface area contributed by atoms with Crippen molar-refractivity contribution in [2.45, 2.75) is 50.6 Å². The van der Waals surface area contributed by atoms with E-state index in [9.17, 15) is 13.6 Å². The monoisotopic (exact) mass is 377 g/mol. The molecule has 2 fully saturated rings. The van der Waals surface area contributed by atoms with Gasteiger partial charge in [0.1, 0.15) is 12.0 Å². The van der Waals surface area contributed by atoms with E-state index in [4.69, 9.17) is 0 Å². The van der Waals surface area contributed by atoms with Crippen molar-refractivity contribution in [3.8, 4) is 0 Å². The van der Waals surface area contributed by atoms with Gasteiger partial charge >= 0.3 is 0 Å². The Morgan fingerprint density at radius 1 is 1.37 bits per heavy atom. The molecule has 1 aliphatic carbocycles. The summed E-state index contributed by atoms with van der Waals surface area (Å²) in [6.45, 7) is 2.71. The molecule has 8 heteroatoms. The first-order valence-corrected chi connectivity index (χ1v) is 9.54. The molecule has 0 spiro atoms. The molecule has 0 aromatic carbocycles. The van der Waals surface area contributed by atoms with Crippen LogP contribution < -0.4 is 5.32 Å². The van der Waals surface area contributed by atoms with E-state index < -0.39 is 5.92 Å². The molecule has 4 rings (SSSR count). The van der Waals surface area contributed by atoms with E-state index in [1.807, 2.05) is 11.8 Å². The van der Waals surface area contributed by atoms with Gasteiger partial charge in [-0.2, -0.15) is 0 Å². The maximum atomic E-state index is 13.9. The molecule has 2 aromatic heterocycles. The van der Waals surface area contributed by atoms with Crippen molar-refractivity contribution in [3.05, 3.63) is 24.3 Å². The Balaban J connectivity index is 1.43. The van der Waals surface area contributed by atoms with Crippen molar-refractivity contribution in [3.63, 3.8) is 0 Å². The molecule has 3 heterocycles. The number of alkyl halides is 2. The second kappa shape index (κ2) is 7.14. The Morgan fingerprint density at radius 2 is 2.22 bits per heavy atom. The molecule has 1 aliphatic heterocycles. The molecule has 2 aromatic rings. The zero-order chi connectivity index (χ0) is 19.0. The number of amides is 1. The lowest BCUT2D eigenvalue weighted by Crippen LogP contribution is -2.40. The van der Waals surface area contributed by atoms with Gasteiger partial charge < -0.3 is 9.88 Å². The summed E-state index contributed by atoms with van der Waals surface area (Å²) in [7, 11) is 0. The molecule has 0 radical (unpaired) electrons. The molecule has 1 saturated carbocycles. The number of aromatic nitrogens is 3. The van der Waals surface area contributed by atoms with Gasteiger partial charge in [-0.05, 0) is 38.2 Å². The number of rotatable bonds is 6. The molecule has 3 unspecified atom stereocenters. The van der Waals surface area contributed by atoms with Gasteiger partial charge in [-0.25, -0.2) is 18.7 Å². The summed E-state index contributed by atoms with van der Waals surface area (Å²) in [5.74, 6) is -2.29. The van der Waals surface area contributed by atoms with E-state index in [2.05, 4.69) is 32.1 Å². The quantitative estimate of drug-likeness (QED) is 0.786. The Labute approximate surface area is 157 Å². The van der Waals surface area contributed by atoms with Gasteiger partial charge in [0.25, 0.3) is 5.92 Å². The third-order valence-corrected chi connectivity index (χ3v) is 6.03. The largest absolute Gasteiger partial charge is 0.357 e. The lowest BCUT2D eigenvalue weighted by Gasteiger charge is -2.26. The smallest absolute Gasteiger partial charge is 0.262 e. The van der Waals surface area contributed by atoms with Crippen LogP contribution in [0, 0.1) is 12.8 Å². The summed E-state index contributed by atoms with van der Waals surface area (Å²) >= 11 is 0. The van der Waals surface area contributed by atoms with E-state index in [0.717, 1.165) is 36.0 Å². The van der Waals surface area contributed by atoms with Crippen molar-refractivity contribution in [1.82, 2.24) is 24.8 Å². The second-order valence-electron chi connectivity index (χ2n) is 7.92. The first kappa shape index (κ1) is 18.3. The highest BCUT2D eigenvalue weighted by atomic mass is 19.3. The van der Waals surface area contributed by atoms with E-state index in [0.29, 0.717) is 24.9 Å². The zero-order valence-corrected chi connectivity index (χ0v) is 15.4. The summed E-state index contributed by atoms with van der Waals surface area (Å²) < 4.78 is 30.0. The maximum absolute atomic E-state index is 13.9. The average molecular weight is 377 g/mol. The van der Waals surface area contributed by atoms with Crippen LogP contribution in [-0.2, 0) is 4.79 Å². The number of nitrogens with zero attached hydrogens (tertiary/aromatic N) is 4. The number of hydrogen-bond donors (Lipinski definition) is 1. The average Bonchev–Trinajstić information content (AvgIpc) is 3.31. The third kappa shape index (κ3) is 3.67. The van der Waals surface area contributed by atoms with Crippen molar-refractivity contribution in [2.75, 3.05) is 19.6 Å². The first-order valence-electron chi connectivity index (χ1n) is 9.54. The van der Waals surface area contributed by atoms with Crippen LogP contribution in [0.4, 0.5) is 8.78 Å². The standard InChI is InChI=1S/C19H25F2N5O/c1-13-17-4-5-26(18(17)24-11-23-13)15-3-2-14(6-15)9-25-10-19(20,21)7-16(25)8-22-12-27/h4-5,11-12,14-16H,2-3,6-10H2,1H3,(H,22,27). The maximum Gasteiger partial charge on any atom is 0.262 e. The number of likely N-dealkylation sites (tertiary alicyclic amines) is 1. The molecule has 1 N–H and O–H groups in total. The van der Waals surface area contributed by atoms with E-state index in [1.165, 1.54) is 0 Å². The fourth-order valence-corrected chi connectivity index (χ4v) is 4.75. The van der Waals surface area contributed by atoms with Crippen molar-refractivity contribution in [1.29, 1.82) is 0 Å². The Bertz CT molecular complexity index is 824. The van der Waals surface area contributed by atoms with E-state index in [-0.39, 0.29) is 25.6 Å². The van der Waals surface area contributed by atoms with Gasteiger partial charge in [0, 0.05) is 43.2 Å². The van der Waals surface area contributed by atoms with Gasteiger partial charge in [0.05, 0.1) is 12.2 Å². The zero-order valence-electron chi connectivity index (χ0n) is 15.4. The summed E-state index contributed by atoms with van der Waals surface area (Å²) in [5.41, 5.74) is 1.92. The van der Waals surface area contributed by atoms with Crippen LogP contribution in [0.5, 0.6) is 0 Å². The minimum atomic E-state index is -2.67. The fraction of sp³-hybridized carbons (Fsp3) is 0.632. The van der Waals surface area contributed by atoms with Crippen LogP contribution in [0.1, 0.15) is 37.4 Å². The van der Waals surface area contributed by atoms with E-state index >= 15 is 0 Å². The van der Waals surface area contributed by atoms with Gasteiger partial charge in [-0.15, -0.1) is 0 Å². The number of carbonyl (C=O) groups is 1. The summed E-state index contributed by atoms with van der Waals surface area (Å²) in [4.78, 5) is 21.1. The normalized spacial score (nSPS) is 28.0. The number of halogens is 2. The van der Waals surface area contributed by atoms with Crippen molar-refractivity contribution < 1.29 is 13.6 Å². The van der Waals surface area contributed by atoms with Gasteiger partial charge in [-0.1, -0.05) is 0 Å². The van der Waals surface area contributed by atoms with Crippen LogP contribution in [0.15, 0.2) is 18.6 Å². The van der Waals surface area contributed by atoms with Crippen LogP contribution in [-0.4, -0.2) is 57.4 Å². The SMILES string of the molecule is Cc1ncnc2c1ccn2C1CCC(CN2CC(F)(F)CC2CNC=O)C1. The van der Waals surface area contributed by atoms with Gasteiger partial charge in [0.2, 0.25) is 6.41 Å². The molecule has 146 valence electrons. The molecule has 27 heavy (non-hydrogen) atoms. The molecule has 3 atom stereocenters. The molecule has 1 saturated heterocycles. The molecule has 1 amide bonds. The van der Waals surface area contributed by atoms with Crippen LogP contribution in [0.3, 0.4) is 0 Å². The van der Waals surface area contributed by atoms with Crippen LogP contribution in [0.25, 0.3) is 11.0 Å². The summed E-state index contributed by atoms with van der Waals surface area (Å²) in [5, 5.41) is 3.64. The fourth-order valence-electron chi connectivity index (χ4n) is 4.75. The highest BCUT2D eigenvalue weighted by Gasteiger charge is 2.45. The lowest BCUT2D eigenvalue weighted by atomic mass is 10.1.